The second-order valence-electron chi connectivity index (χ2n) is 4.61. The summed E-state index contributed by atoms with van der Waals surface area (Å²) in [5.74, 6) is 1.19. The monoisotopic (exact) mass is 273 g/mol. The summed E-state index contributed by atoms with van der Waals surface area (Å²) < 4.78 is 5.24. The Morgan fingerprint density at radius 2 is 1.85 bits per heavy atom. The van der Waals surface area contributed by atoms with Crippen LogP contribution in [0.15, 0.2) is 30.3 Å². The van der Waals surface area contributed by atoms with E-state index in [-0.39, 0.29) is 0 Å². The van der Waals surface area contributed by atoms with Crippen LogP contribution in [0.2, 0.25) is 0 Å². The molecule has 1 heterocycles. The van der Waals surface area contributed by atoms with Crippen LogP contribution < -0.4 is 10.1 Å². The Morgan fingerprint density at radius 1 is 1.20 bits per heavy atom. The van der Waals surface area contributed by atoms with Gasteiger partial charge >= 0.3 is 0 Å². The Balaban J connectivity index is 2.06. The Labute approximate surface area is 118 Å². The first kappa shape index (κ1) is 14.3. The fraction of sp³-hybridized carbons (Fsp3) is 0.333. The standard InChI is InChI=1S/C15H19N3O2/c1-10-8-11(2)18-15(17-10)16-9-13(19)12-6-4-5-7-14(12)20-3/h4-8,13,19H,9H2,1-3H3,(H,16,17,18)/t13-/m0/s1. The maximum atomic E-state index is 10.2. The molecule has 5 nitrogen and oxygen atoms in total. The molecule has 0 bridgehead atoms. The van der Waals surface area contributed by atoms with Crippen molar-refractivity contribution in [3.05, 3.63) is 47.3 Å². The van der Waals surface area contributed by atoms with Gasteiger partial charge in [0.25, 0.3) is 0 Å². The van der Waals surface area contributed by atoms with Gasteiger partial charge in [-0.25, -0.2) is 9.97 Å². The summed E-state index contributed by atoms with van der Waals surface area (Å²) in [5.41, 5.74) is 2.53. The third-order valence-electron chi connectivity index (χ3n) is 2.93. The summed E-state index contributed by atoms with van der Waals surface area (Å²) >= 11 is 0. The van der Waals surface area contributed by atoms with Crippen LogP contribution in [0.25, 0.3) is 0 Å². The minimum absolute atomic E-state index is 0.323. The van der Waals surface area contributed by atoms with Crippen LogP contribution in [0.5, 0.6) is 5.75 Å². The van der Waals surface area contributed by atoms with E-state index in [0.717, 1.165) is 17.0 Å². The van der Waals surface area contributed by atoms with E-state index in [4.69, 9.17) is 4.74 Å². The average molecular weight is 273 g/mol. The molecule has 0 saturated heterocycles. The van der Waals surface area contributed by atoms with Gasteiger partial charge in [-0.05, 0) is 26.0 Å². The number of para-hydroxylation sites is 1. The van der Waals surface area contributed by atoms with Crippen LogP contribution in [-0.2, 0) is 0 Å². The molecule has 0 amide bonds. The van der Waals surface area contributed by atoms with Crippen molar-refractivity contribution in [3.63, 3.8) is 0 Å². The van der Waals surface area contributed by atoms with Gasteiger partial charge in [0.15, 0.2) is 0 Å². The number of methoxy groups -OCH3 is 1. The number of aromatic nitrogens is 2. The van der Waals surface area contributed by atoms with Crippen molar-refractivity contribution in [2.24, 2.45) is 0 Å². The van der Waals surface area contributed by atoms with Crippen LogP contribution >= 0.6 is 0 Å². The third kappa shape index (κ3) is 3.45. The molecule has 2 aromatic rings. The van der Waals surface area contributed by atoms with Gasteiger partial charge in [-0.3, -0.25) is 0 Å². The van der Waals surface area contributed by atoms with Gasteiger partial charge in [-0.2, -0.15) is 0 Å². The maximum Gasteiger partial charge on any atom is 0.223 e. The van der Waals surface area contributed by atoms with Crippen LogP contribution in [-0.4, -0.2) is 28.7 Å². The number of rotatable bonds is 5. The zero-order valence-corrected chi connectivity index (χ0v) is 11.9. The zero-order valence-electron chi connectivity index (χ0n) is 11.9. The molecular formula is C15H19N3O2. The quantitative estimate of drug-likeness (QED) is 0.874. The fourth-order valence-corrected chi connectivity index (χ4v) is 2.04. The van der Waals surface area contributed by atoms with Gasteiger partial charge < -0.3 is 15.2 Å². The predicted octanol–water partition coefficient (Wildman–Crippen LogP) is 2.25. The van der Waals surface area contributed by atoms with E-state index in [1.165, 1.54) is 0 Å². The van der Waals surface area contributed by atoms with Crippen LogP contribution in [0.3, 0.4) is 0 Å². The van der Waals surface area contributed by atoms with Crippen LogP contribution in [0.1, 0.15) is 23.1 Å². The molecule has 2 N–H and O–H groups in total. The first-order valence-electron chi connectivity index (χ1n) is 6.47. The van der Waals surface area contributed by atoms with Gasteiger partial charge in [-0.1, -0.05) is 18.2 Å². The molecule has 2 rings (SSSR count). The molecule has 0 fully saturated rings. The number of benzene rings is 1. The highest BCUT2D eigenvalue weighted by Crippen LogP contribution is 2.24. The van der Waals surface area contributed by atoms with E-state index in [2.05, 4.69) is 15.3 Å². The maximum absolute atomic E-state index is 10.2. The molecule has 0 saturated carbocycles. The van der Waals surface area contributed by atoms with E-state index in [1.807, 2.05) is 44.2 Å². The number of ether oxygens (including phenoxy) is 1. The zero-order chi connectivity index (χ0) is 14.5. The number of aliphatic hydroxyl groups excluding tert-OH is 1. The smallest absolute Gasteiger partial charge is 0.223 e. The first-order valence-corrected chi connectivity index (χ1v) is 6.47. The summed E-state index contributed by atoms with van der Waals surface area (Å²) in [5, 5.41) is 13.3. The predicted molar refractivity (Wildman–Crippen MR) is 77.9 cm³/mol. The molecule has 0 aliphatic rings. The van der Waals surface area contributed by atoms with Gasteiger partial charge in [0.1, 0.15) is 5.75 Å². The molecule has 106 valence electrons. The topological polar surface area (TPSA) is 67.3 Å². The summed E-state index contributed by atoms with van der Waals surface area (Å²) in [4.78, 5) is 8.56. The molecule has 1 aromatic heterocycles. The van der Waals surface area contributed by atoms with Gasteiger partial charge in [0.05, 0.1) is 13.2 Å². The number of aliphatic hydroxyl groups is 1. The lowest BCUT2D eigenvalue weighted by Gasteiger charge is -2.15. The van der Waals surface area contributed by atoms with Crippen molar-refractivity contribution < 1.29 is 9.84 Å². The van der Waals surface area contributed by atoms with E-state index in [9.17, 15) is 5.11 Å². The summed E-state index contributed by atoms with van der Waals surface area (Å²) in [6.07, 6.45) is -0.685. The largest absolute Gasteiger partial charge is 0.496 e. The SMILES string of the molecule is COc1ccccc1[C@@H](O)CNc1nc(C)cc(C)n1. The van der Waals surface area contributed by atoms with Gasteiger partial charge in [0, 0.05) is 23.5 Å². The highest BCUT2D eigenvalue weighted by molar-refractivity contribution is 5.36. The van der Waals surface area contributed by atoms with Crippen molar-refractivity contribution in [3.8, 4) is 5.75 Å². The lowest BCUT2D eigenvalue weighted by atomic mass is 10.1. The molecule has 0 aliphatic heterocycles. The van der Waals surface area contributed by atoms with Crippen LogP contribution in [0.4, 0.5) is 5.95 Å². The Morgan fingerprint density at radius 3 is 2.50 bits per heavy atom. The number of hydrogen-bond acceptors (Lipinski definition) is 5. The van der Waals surface area contributed by atoms with E-state index >= 15 is 0 Å². The molecule has 0 radical (unpaired) electrons. The molecule has 0 aliphatic carbocycles. The van der Waals surface area contributed by atoms with Crippen molar-refractivity contribution in [1.82, 2.24) is 9.97 Å². The number of nitrogens with one attached hydrogen (secondary N) is 1. The molecular weight excluding hydrogens is 254 g/mol. The Kier molecular flexibility index (Phi) is 4.53. The van der Waals surface area contributed by atoms with Crippen LogP contribution in [0, 0.1) is 13.8 Å². The van der Waals surface area contributed by atoms with Crippen molar-refractivity contribution >= 4 is 5.95 Å². The molecule has 1 atom stereocenters. The minimum Gasteiger partial charge on any atom is -0.496 e. The van der Waals surface area contributed by atoms with Gasteiger partial charge in [0.2, 0.25) is 5.95 Å². The second kappa shape index (κ2) is 6.34. The minimum atomic E-state index is -0.685. The normalized spacial score (nSPS) is 12.0. The van der Waals surface area contributed by atoms with Crippen molar-refractivity contribution in [2.75, 3.05) is 19.0 Å². The second-order valence-corrected chi connectivity index (χ2v) is 4.61. The lowest BCUT2D eigenvalue weighted by Crippen LogP contribution is -2.15. The Hall–Kier alpha value is -2.14. The van der Waals surface area contributed by atoms with Gasteiger partial charge in [-0.15, -0.1) is 0 Å². The molecule has 0 unspecified atom stereocenters. The number of nitrogens with zero attached hydrogens (tertiary/aromatic N) is 2. The third-order valence-corrected chi connectivity index (χ3v) is 2.93. The molecule has 1 aromatic carbocycles. The molecule has 5 heteroatoms. The van der Waals surface area contributed by atoms with E-state index in [0.29, 0.717) is 18.2 Å². The van der Waals surface area contributed by atoms with E-state index < -0.39 is 6.10 Å². The van der Waals surface area contributed by atoms with Crippen molar-refractivity contribution in [2.45, 2.75) is 20.0 Å². The fourth-order valence-electron chi connectivity index (χ4n) is 2.04. The lowest BCUT2D eigenvalue weighted by molar-refractivity contribution is 0.186. The molecule has 0 spiro atoms. The summed E-state index contributed by atoms with van der Waals surface area (Å²) in [7, 11) is 1.59. The number of anilines is 1. The summed E-state index contributed by atoms with van der Waals surface area (Å²) in [6.45, 7) is 4.15. The molecule has 20 heavy (non-hydrogen) atoms. The number of aryl methyl sites for hydroxylation is 2. The Bertz CT molecular complexity index is 567. The first-order chi connectivity index (χ1) is 9.60. The van der Waals surface area contributed by atoms with Crippen molar-refractivity contribution in [1.29, 1.82) is 0 Å². The number of hydrogen-bond donors (Lipinski definition) is 2. The highest BCUT2D eigenvalue weighted by atomic mass is 16.5. The highest BCUT2D eigenvalue weighted by Gasteiger charge is 2.13. The average Bonchev–Trinajstić information content (AvgIpc) is 2.43. The summed E-state index contributed by atoms with van der Waals surface area (Å²) in [6, 6.07) is 9.31. The van der Waals surface area contributed by atoms with E-state index in [1.54, 1.807) is 7.11 Å².